The van der Waals surface area contributed by atoms with Crippen molar-refractivity contribution < 1.29 is 5.11 Å². The Kier molecular flexibility index (Phi) is 5.33. The third-order valence-electron chi connectivity index (χ3n) is 2.19. The molecule has 4 heteroatoms. The molecule has 0 aliphatic carbocycles. The molecule has 0 aromatic carbocycles. The number of aliphatic hydroxyl groups excluding tert-OH is 1. The first-order chi connectivity index (χ1) is 7.26. The lowest BCUT2D eigenvalue weighted by Crippen LogP contribution is -2.20. The third kappa shape index (κ3) is 4.43. The standard InChI is InChI=1S/C11H16N2OS/c1-9(4-5-14)7-13-8-11-3-2-10(6-12)15-11/h2-3,9,13-14H,4-5,7-8H2,1H3. The lowest BCUT2D eigenvalue weighted by Gasteiger charge is -2.09. The van der Waals surface area contributed by atoms with E-state index in [-0.39, 0.29) is 6.61 Å². The maximum absolute atomic E-state index is 8.73. The van der Waals surface area contributed by atoms with Gasteiger partial charge in [-0.3, -0.25) is 0 Å². The van der Waals surface area contributed by atoms with E-state index >= 15 is 0 Å². The number of hydrogen-bond acceptors (Lipinski definition) is 4. The first-order valence-corrected chi connectivity index (χ1v) is 5.88. The Labute approximate surface area is 94.4 Å². The zero-order valence-corrected chi connectivity index (χ0v) is 9.68. The van der Waals surface area contributed by atoms with Gasteiger partial charge >= 0.3 is 0 Å². The molecule has 0 spiro atoms. The molecular formula is C11H16N2OS. The van der Waals surface area contributed by atoms with Crippen LogP contribution in [0.5, 0.6) is 0 Å². The molecule has 1 rings (SSSR count). The molecule has 3 nitrogen and oxygen atoms in total. The summed E-state index contributed by atoms with van der Waals surface area (Å²) in [6.45, 7) is 4.07. The Morgan fingerprint density at radius 3 is 3.00 bits per heavy atom. The molecule has 0 aliphatic rings. The fourth-order valence-corrected chi connectivity index (χ4v) is 2.07. The summed E-state index contributed by atoms with van der Waals surface area (Å²) in [5, 5.41) is 20.7. The molecule has 1 heterocycles. The van der Waals surface area contributed by atoms with Crippen molar-refractivity contribution in [2.75, 3.05) is 13.2 Å². The van der Waals surface area contributed by atoms with E-state index < -0.39 is 0 Å². The topological polar surface area (TPSA) is 56.0 Å². The summed E-state index contributed by atoms with van der Waals surface area (Å²) in [4.78, 5) is 1.94. The van der Waals surface area contributed by atoms with Gasteiger partial charge in [0, 0.05) is 18.0 Å². The molecule has 2 N–H and O–H groups in total. The zero-order chi connectivity index (χ0) is 11.1. The smallest absolute Gasteiger partial charge is 0.110 e. The van der Waals surface area contributed by atoms with Crippen molar-refractivity contribution in [1.29, 1.82) is 5.26 Å². The SMILES string of the molecule is CC(CCO)CNCc1ccc(C#N)s1. The van der Waals surface area contributed by atoms with E-state index in [1.54, 1.807) is 0 Å². The monoisotopic (exact) mass is 224 g/mol. The average Bonchev–Trinajstić information content (AvgIpc) is 2.66. The fourth-order valence-electron chi connectivity index (χ4n) is 1.30. The highest BCUT2D eigenvalue weighted by Gasteiger charge is 2.02. The van der Waals surface area contributed by atoms with Crippen LogP contribution in [0.15, 0.2) is 12.1 Å². The average molecular weight is 224 g/mol. The van der Waals surface area contributed by atoms with Crippen LogP contribution in [0.2, 0.25) is 0 Å². The van der Waals surface area contributed by atoms with E-state index in [4.69, 9.17) is 10.4 Å². The van der Waals surface area contributed by atoms with Crippen molar-refractivity contribution in [2.45, 2.75) is 19.9 Å². The van der Waals surface area contributed by atoms with Gasteiger partial charge in [0.05, 0.1) is 0 Å². The molecular weight excluding hydrogens is 208 g/mol. The molecule has 15 heavy (non-hydrogen) atoms. The molecule has 0 saturated carbocycles. The highest BCUT2D eigenvalue weighted by Crippen LogP contribution is 2.14. The predicted molar refractivity (Wildman–Crippen MR) is 61.6 cm³/mol. The second-order valence-electron chi connectivity index (χ2n) is 3.63. The lowest BCUT2D eigenvalue weighted by molar-refractivity contribution is 0.260. The normalized spacial score (nSPS) is 12.3. The van der Waals surface area contributed by atoms with Gasteiger partial charge in [0.15, 0.2) is 0 Å². The molecule has 1 atom stereocenters. The first-order valence-electron chi connectivity index (χ1n) is 5.06. The van der Waals surface area contributed by atoms with E-state index in [1.165, 1.54) is 16.2 Å². The van der Waals surface area contributed by atoms with Crippen LogP contribution in [0.3, 0.4) is 0 Å². The number of nitrogens with zero attached hydrogens (tertiary/aromatic N) is 1. The third-order valence-corrected chi connectivity index (χ3v) is 3.18. The molecule has 82 valence electrons. The lowest BCUT2D eigenvalue weighted by atomic mass is 10.1. The van der Waals surface area contributed by atoms with Crippen molar-refractivity contribution in [3.8, 4) is 6.07 Å². The summed E-state index contributed by atoms with van der Waals surface area (Å²) in [5.74, 6) is 0.491. The van der Waals surface area contributed by atoms with Gasteiger partial charge in [0.1, 0.15) is 10.9 Å². The number of hydrogen-bond donors (Lipinski definition) is 2. The van der Waals surface area contributed by atoms with Crippen molar-refractivity contribution in [3.05, 3.63) is 21.9 Å². The number of rotatable bonds is 6. The van der Waals surface area contributed by atoms with Crippen LogP contribution in [-0.2, 0) is 6.54 Å². The number of nitrogens with one attached hydrogen (secondary N) is 1. The minimum absolute atomic E-state index is 0.250. The molecule has 1 unspecified atom stereocenters. The second kappa shape index (κ2) is 6.57. The molecule has 0 radical (unpaired) electrons. The van der Waals surface area contributed by atoms with Crippen molar-refractivity contribution in [1.82, 2.24) is 5.32 Å². The number of nitriles is 1. The van der Waals surface area contributed by atoms with Gasteiger partial charge in [-0.15, -0.1) is 11.3 Å². The Bertz CT molecular complexity index is 330. The largest absolute Gasteiger partial charge is 0.396 e. The summed E-state index contributed by atoms with van der Waals surface area (Å²) in [7, 11) is 0. The quantitative estimate of drug-likeness (QED) is 0.773. The first kappa shape index (κ1) is 12.2. The molecule has 0 saturated heterocycles. The molecule has 1 aromatic rings. The highest BCUT2D eigenvalue weighted by molar-refractivity contribution is 7.12. The second-order valence-corrected chi connectivity index (χ2v) is 4.79. The van der Waals surface area contributed by atoms with Gasteiger partial charge in [0.2, 0.25) is 0 Å². The van der Waals surface area contributed by atoms with Crippen LogP contribution in [0, 0.1) is 17.2 Å². The van der Waals surface area contributed by atoms with E-state index in [9.17, 15) is 0 Å². The molecule has 0 fully saturated rings. The molecule has 0 amide bonds. The minimum Gasteiger partial charge on any atom is -0.396 e. The highest BCUT2D eigenvalue weighted by atomic mass is 32.1. The summed E-state index contributed by atoms with van der Waals surface area (Å²) in [6, 6.07) is 5.95. The van der Waals surface area contributed by atoms with Gasteiger partial charge in [-0.1, -0.05) is 6.92 Å². The van der Waals surface area contributed by atoms with Crippen LogP contribution in [0.1, 0.15) is 23.1 Å². The Morgan fingerprint density at radius 1 is 1.60 bits per heavy atom. The molecule has 1 aromatic heterocycles. The van der Waals surface area contributed by atoms with E-state index in [2.05, 4.69) is 18.3 Å². The maximum Gasteiger partial charge on any atom is 0.110 e. The van der Waals surface area contributed by atoms with Crippen molar-refractivity contribution in [3.63, 3.8) is 0 Å². The van der Waals surface area contributed by atoms with Gasteiger partial charge in [0.25, 0.3) is 0 Å². The summed E-state index contributed by atoms with van der Waals surface area (Å²) >= 11 is 1.52. The van der Waals surface area contributed by atoms with Crippen LogP contribution >= 0.6 is 11.3 Å². The van der Waals surface area contributed by atoms with Gasteiger partial charge < -0.3 is 10.4 Å². The van der Waals surface area contributed by atoms with E-state index in [1.807, 2.05) is 12.1 Å². The fraction of sp³-hybridized carbons (Fsp3) is 0.545. The van der Waals surface area contributed by atoms with E-state index in [0.29, 0.717) is 5.92 Å². The van der Waals surface area contributed by atoms with Crippen LogP contribution in [0.25, 0.3) is 0 Å². The summed E-state index contributed by atoms with van der Waals surface area (Å²) < 4.78 is 0. The van der Waals surface area contributed by atoms with Gasteiger partial charge in [-0.2, -0.15) is 5.26 Å². The number of thiophene rings is 1. The summed E-state index contributed by atoms with van der Waals surface area (Å²) in [5.41, 5.74) is 0. The molecule has 0 bridgehead atoms. The minimum atomic E-state index is 0.250. The number of aliphatic hydroxyl groups is 1. The van der Waals surface area contributed by atoms with Gasteiger partial charge in [-0.05, 0) is 31.0 Å². The maximum atomic E-state index is 8.73. The summed E-state index contributed by atoms with van der Waals surface area (Å²) in [6.07, 6.45) is 0.834. The van der Waals surface area contributed by atoms with Crippen LogP contribution in [0.4, 0.5) is 0 Å². The van der Waals surface area contributed by atoms with Gasteiger partial charge in [-0.25, -0.2) is 0 Å². The van der Waals surface area contributed by atoms with E-state index in [0.717, 1.165) is 24.4 Å². The Morgan fingerprint density at radius 2 is 2.40 bits per heavy atom. The Balaban J connectivity index is 2.23. The zero-order valence-electron chi connectivity index (χ0n) is 8.86. The van der Waals surface area contributed by atoms with Crippen LogP contribution in [-0.4, -0.2) is 18.3 Å². The van der Waals surface area contributed by atoms with Crippen LogP contribution < -0.4 is 5.32 Å². The van der Waals surface area contributed by atoms with Crippen molar-refractivity contribution >= 4 is 11.3 Å². The Hall–Kier alpha value is -0.890. The van der Waals surface area contributed by atoms with Crippen molar-refractivity contribution in [2.24, 2.45) is 5.92 Å². The molecule has 0 aliphatic heterocycles. The predicted octanol–water partition coefficient (Wildman–Crippen LogP) is 1.73.